The first kappa shape index (κ1) is 6.55. The highest BCUT2D eigenvalue weighted by molar-refractivity contribution is 5.80. The molecule has 1 aliphatic rings. The zero-order chi connectivity index (χ0) is 6.69. The van der Waals surface area contributed by atoms with Crippen LogP contribution in [0.2, 0.25) is 0 Å². The summed E-state index contributed by atoms with van der Waals surface area (Å²) in [5.74, 6) is 0.198. The fourth-order valence-corrected chi connectivity index (χ4v) is 1.07. The van der Waals surface area contributed by atoms with Crippen molar-refractivity contribution in [2.45, 2.75) is 19.4 Å². The highest BCUT2D eigenvalue weighted by Crippen LogP contribution is 1.85. The largest absolute Gasteiger partial charge is 0.345 e. The Balaban J connectivity index is 2.39. The van der Waals surface area contributed by atoms with Crippen LogP contribution in [0.4, 0.5) is 0 Å². The molecule has 0 saturated carbocycles. The Morgan fingerprint density at radius 1 is 1.89 bits per heavy atom. The number of amides is 1. The molecule has 3 heteroatoms. The molecule has 1 heterocycles. The number of rotatable bonds is 1. The van der Waals surface area contributed by atoms with Crippen molar-refractivity contribution in [3.05, 3.63) is 0 Å². The Kier molecular flexibility index (Phi) is 2.05. The second-order valence-electron chi connectivity index (χ2n) is 2.33. The number of carbonyl (C=O) groups excluding carboxylic acids is 1. The molecule has 3 N–H and O–H groups in total. The van der Waals surface area contributed by atoms with Crippen LogP contribution >= 0.6 is 0 Å². The van der Waals surface area contributed by atoms with Gasteiger partial charge in [-0.2, -0.15) is 0 Å². The van der Waals surface area contributed by atoms with Crippen LogP contribution in [-0.2, 0) is 4.79 Å². The van der Waals surface area contributed by atoms with Gasteiger partial charge >= 0.3 is 0 Å². The Labute approximate surface area is 54.8 Å². The van der Waals surface area contributed by atoms with E-state index in [9.17, 15) is 4.79 Å². The summed E-state index contributed by atoms with van der Waals surface area (Å²) in [6.07, 6.45) is 0.936. The van der Waals surface area contributed by atoms with Gasteiger partial charge in [0.1, 0.15) is 0 Å². The Morgan fingerprint density at radius 2 is 2.67 bits per heavy atom. The van der Waals surface area contributed by atoms with Crippen molar-refractivity contribution < 1.29 is 10.1 Å². The van der Waals surface area contributed by atoms with E-state index >= 15 is 0 Å². The molecule has 9 heavy (non-hydrogen) atoms. The molecule has 1 rings (SSSR count). The lowest BCUT2D eigenvalue weighted by atomic mass is 10.2. The Hall–Kier alpha value is -0.570. The maximum atomic E-state index is 10.9. The van der Waals surface area contributed by atoms with Gasteiger partial charge in [0, 0.05) is 6.42 Å². The molecule has 0 aromatic rings. The van der Waals surface area contributed by atoms with Crippen LogP contribution in [0.1, 0.15) is 13.3 Å². The van der Waals surface area contributed by atoms with E-state index < -0.39 is 0 Å². The molecule has 1 fully saturated rings. The summed E-state index contributed by atoms with van der Waals surface area (Å²) >= 11 is 0. The van der Waals surface area contributed by atoms with E-state index in [0.29, 0.717) is 0 Å². The van der Waals surface area contributed by atoms with Gasteiger partial charge in [-0.1, -0.05) is 6.92 Å². The monoisotopic (exact) mass is 129 g/mol. The van der Waals surface area contributed by atoms with Crippen LogP contribution in [0.25, 0.3) is 0 Å². The molecule has 3 nitrogen and oxygen atoms in total. The lowest BCUT2D eigenvalue weighted by Crippen LogP contribution is -2.96. The Morgan fingerprint density at radius 3 is 3.11 bits per heavy atom. The Bertz CT molecular complexity index is 114. The second-order valence-corrected chi connectivity index (χ2v) is 2.33. The summed E-state index contributed by atoms with van der Waals surface area (Å²) in [5.41, 5.74) is 0. The van der Waals surface area contributed by atoms with Crippen LogP contribution < -0.4 is 10.6 Å². The van der Waals surface area contributed by atoms with Crippen molar-refractivity contribution in [1.29, 1.82) is 0 Å². The number of nitrogens with one attached hydrogen (secondary N) is 1. The van der Waals surface area contributed by atoms with Crippen LogP contribution in [0.3, 0.4) is 0 Å². The van der Waals surface area contributed by atoms with E-state index in [2.05, 4.69) is 10.6 Å². The molecular weight excluding hydrogens is 116 g/mol. The van der Waals surface area contributed by atoms with Crippen molar-refractivity contribution in [3.63, 3.8) is 0 Å². The maximum Gasteiger partial charge on any atom is 0.278 e. The minimum atomic E-state index is 0.179. The van der Waals surface area contributed by atoms with Crippen molar-refractivity contribution in [2.24, 2.45) is 0 Å². The third kappa shape index (κ3) is 1.42. The maximum absolute atomic E-state index is 10.9. The van der Waals surface area contributed by atoms with Crippen molar-refractivity contribution in [1.82, 2.24) is 5.32 Å². The third-order valence-corrected chi connectivity index (χ3v) is 1.67. The molecule has 0 radical (unpaired) electrons. The highest BCUT2D eigenvalue weighted by Gasteiger charge is 2.22. The van der Waals surface area contributed by atoms with Gasteiger partial charge in [0.15, 0.2) is 6.04 Å². The fraction of sp³-hybridized carbons (Fsp3) is 0.833. The molecule has 1 saturated heterocycles. The van der Waals surface area contributed by atoms with E-state index in [0.717, 1.165) is 19.5 Å². The zero-order valence-corrected chi connectivity index (χ0v) is 5.68. The van der Waals surface area contributed by atoms with Gasteiger partial charge in [0.2, 0.25) is 0 Å². The van der Waals surface area contributed by atoms with E-state index in [1.54, 1.807) is 0 Å². The quantitative estimate of drug-likeness (QED) is 0.443. The standard InChI is InChI=1S/C6H12N2O/c1-2-5-6(9)8-4-3-7-5/h5,7H,2-4H2,1H3,(H,8,9)/p+1/t5-/m1/s1. The predicted octanol–water partition coefficient (Wildman–Crippen LogP) is -1.54. The molecule has 0 aliphatic carbocycles. The number of carbonyl (C=O) groups is 1. The minimum Gasteiger partial charge on any atom is -0.345 e. The summed E-state index contributed by atoms with van der Waals surface area (Å²) in [7, 11) is 0. The first-order chi connectivity index (χ1) is 4.34. The minimum absolute atomic E-state index is 0.179. The van der Waals surface area contributed by atoms with Gasteiger partial charge in [-0.3, -0.25) is 4.79 Å². The van der Waals surface area contributed by atoms with E-state index in [1.807, 2.05) is 6.92 Å². The molecule has 0 bridgehead atoms. The van der Waals surface area contributed by atoms with E-state index in [1.165, 1.54) is 0 Å². The fourth-order valence-electron chi connectivity index (χ4n) is 1.07. The average molecular weight is 129 g/mol. The summed E-state index contributed by atoms with van der Waals surface area (Å²) in [5, 5.41) is 4.91. The second kappa shape index (κ2) is 2.82. The first-order valence-electron chi connectivity index (χ1n) is 3.45. The first-order valence-corrected chi connectivity index (χ1v) is 3.45. The van der Waals surface area contributed by atoms with E-state index in [-0.39, 0.29) is 11.9 Å². The third-order valence-electron chi connectivity index (χ3n) is 1.67. The normalized spacial score (nSPS) is 27.7. The number of nitrogens with two attached hydrogens (primary N) is 1. The van der Waals surface area contributed by atoms with Gasteiger partial charge in [0.05, 0.1) is 13.1 Å². The summed E-state index contributed by atoms with van der Waals surface area (Å²) in [4.78, 5) is 10.9. The van der Waals surface area contributed by atoms with Crippen molar-refractivity contribution >= 4 is 5.91 Å². The van der Waals surface area contributed by atoms with Crippen LogP contribution in [0.5, 0.6) is 0 Å². The lowest BCUT2D eigenvalue weighted by molar-refractivity contribution is -0.679. The van der Waals surface area contributed by atoms with Gasteiger partial charge in [0.25, 0.3) is 5.91 Å². The molecule has 52 valence electrons. The van der Waals surface area contributed by atoms with Crippen LogP contribution in [-0.4, -0.2) is 25.0 Å². The highest BCUT2D eigenvalue weighted by atomic mass is 16.2. The number of hydrogen-bond acceptors (Lipinski definition) is 1. The van der Waals surface area contributed by atoms with Gasteiger partial charge in [-0.15, -0.1) is 0 Å². The topological polar surface area (TPSA) is 45.7 Å². The molecule has 1 aliphatic heterocycles. The zero-order valence-electron chi connectivity index (χ0n) is 5.68. The predicted molar refractivity (Wildman–Crippen MR) is 33.9 cm³/mol. The van der Waals surface area contributed by atoms with Gasteiger partial charge < -0.3 is 10.6 Å². The number of quaternary nitrogens is 1. The smallest absolute Gasteiger partial charge is 0.278 e. The summed E-state index contributed by atoms with van der Waals surface area (Å²) in [6, 6.07) is 0.179. The average Bonchev–Trinajstić information content (AvgIpc) is 1.89. The molecule has 0 unspecified atom stereocenters. The molecular formula is C6H13N2O+. The van der Waals surface area contributed by atoms with Crippen LogP contribution in [0.15, 0.2) is 0 Å². The summed E-state index contributed by atoms with van der Waals surface area (Å²) in [6.45, 7) is 3.89. The molecule has 1 amide bonds. The number of piperazine rings is 1. The van der Waals surface area contributed by atoms with E-state index in [4.69, 9.17) is 0 Å². The molecule has 0 spiro atoms. The van der Waals surface area contributed by atoms with Gasteiger partial charge in [-0.25, -0.2) is 0 Å². The van der Waals surface area contributed by atoms with Crippen molar-refractivity contribution in [2.75, 3.05) is 13.1 Å². The van der Waals surface area contributed by atoms with Gasteiger partial charge in [-0.05, 0) is 0 Å². The summed E-state index contributed by atoms with van der Waals surface area (Å²) < 4.78 is 0. The SMILES string of the molecule is CC[C@H]1[NH2+]CCNC1=O. The molecule has 1 atom stereocenters. The van der Waals surface area contributed by atoms with Crippen molar-refractivity contribution in [3.8, 4) is 0 Å². The lowest BCUT2D eigenvalue weighted by Gasteiger charge is -2.18. The van der Waals surface area contributed by atoms with Crippen LogP contribution in [0, 0.1) is 0 Å². The number of hydrogen-bond donors (Lipinski definition) is 2. The molecule has 0 aromatic carbocycles. The molecule has 0 aromatic heterocycles.